The second kappa shape index (κ2) is 27.4. The highest BCUT2D eigenvalue weighted by atomic mass is 16.3. The Morgan fingerprint density at radius 2 is 0.640 bits per heavy atom. The maximum absolute atomic E-state index is 7.90. The Bertz CT molecular complexity index is 7960. The fourth-order valence-corrected chi connectivity index (χ4v) is 15.6. The van der Waals surface area contributed by atoms with Gasteiger partial charge in [0.2, 0.25) is 34.2 Å². The lowest BCUT2D eigenvalue weighted by molar-refractivity contribution is -0.660. The summed E-state index contributed by atoms with van der Waals surface area (Å²) in [4.78, 5) is 19.2. The van der Waals surface area contributed by atoms with E-state index in [0.717, 1.165) is 188 Å². The Balaban J connectivity index is 0.000000119. The molecule has 0 unspecified atom stereocenters. The van der Waals surface area contributed by atoms with Crippen molar-refractivity contribution in [2.75, 3.05) is 0 Å². The van der Waals surface area contributed by atoms with Crippen LogP contribution >= 0.6 is 0 Å². The Morgan fingerprint density at radius 3 is 1.12 bits per heavy atom. The Kier molecular flexibility index (Phi) is 13.7. The zero-order valence-corrected chi connectivity index (χ0v) is 64.3. The topological polar surface area (TPSA) is 120 Å². The van der Waals surface area contributed by atoms with Crippen molar-refractivity contribution in [3.05, 3.63) is 284 Å². The van der Waals surface area contributed by atoms with Gasteiger partial charge in [0.25, 0.3) is 0 Å². The first-order chi connectivity index (χ1) is 59.4. The number of furan rings is 4. The van der Waals surface area contributed by atoms with Crippen LogP contribution in [0.3, 0.4) is 0 Å². The number of hydrogen-bond donors (Lipinski definition) is 0. The van der Waals surface area contributed by atoms with Crippen molar-refractivity contribution in [2.24, 2.45) is 28.2 Å². The number of aryl methyl sites for hydroxylation is 19. The molecule has 111 heavy (non-hydrogen) atoms. The van der Waals surface area contributed by atoms with Gasteiger partial charge < -0.3 is 17.7 Å². The lowest BCUT2D eigenvalue weighted by Gasteiger charge is -2.07. The van der Waals surface area contributed by atoms with Crippen LogP contribution in [0.4, 0.5) is 0 Å². The van der Waals surface area contributed by atoms with Crippen LogP contribution in [0.1, 0.15) is 104 Å². The smallest absolute Gasteiger partial charge is 0.227 e. The Morgan fingerprint density at radius 1 is 0.261 bits per heavy atom. The van der Waals surface area contributed by atoms with E-state index < -0.39 is 34.3 Å². The van der Waals surface area contributed by atoms with Crippen LogP contribution in [-0.2, 0) is 28.2 Å². The molecule has 0 atom stereocenters. The molecule has 0 fully saturated rings. The van der Waals surface area contributed by atoms with Crippen molar-refractivity contribution >= 4 is 132 Å². The minimum atomic E-state index is -2.28. The van der Waals surface area contributed by atoms with Gasteiger partial charge in [-0.15, -0.1) is 0 Å². The summed E-state index contributed by atoms with van der Waals surface area (Å²) in [6.45, 7) is 8.60. The van der Waals surface area contributed by atoms with E-state index >= 15 is 0 Å². The van der Waals surface area contributed by atoms with E-state index in [-0.39, 0.29) is 5.56 Å². The molecule has 12 aromatic heterocycles. The highest BCUT2D eigenvalue weighted by molar-refractivity contribution is 6.15. The molecule has 0 aliphatic rings. The molecule has 0 saturated carbocycles. The molecular weight excluding hydrogens is 1370 g/mol. The lowest BCUT2D eigenvalue weighted by atomic mass is 9.99. The minimum absolute atomic E-state index is 0.205. The third kappa shape index (κ3) is 12.3. The molecule has 20 aromatic rings. The molecule has 0 amide bonds. The molecule has 12 heterocycles. The number of aromatic nitrogens is 8. The van der Waals surface area contributed by atoms with Crippen molar-refractivity contribution in [3.63, 3.8) is 0 Å². The molecule has 0 saturated heterocycles. The fourth-order valence-electron chi connectivity index (χ4n) is 15.6. The number of para-hydroxylation sites is 3. The Hall–Kier alpha value is -12.8. The summed E-state index contributed by atoms with van der Waals surface area (Å²) in [5.74, 6) is 0. The predicted octanol–water partition coefficient (Wildman–Crippen LogP) is 23.1. The van der Waals surface area contributed by atoms with Gasteiger partial charge in [-0.05, 0) is 213 Å². The minimum Gasteiger partial charge on any atom is -0.453 e. The summed E-state index contributed by atoms with van der Waals surface area (Å²) in [7, 11) is 7.44. The van der Waals surface area contributed by atoms with Gasteiger partial charge in [-0.25, -0.2) is 38.2 Å². The zero-order chi connectivity index (χ0) is 89.9. The van der Waals surface area contributed by atoms with Crippen molar-refractivity contribution in [1.29, 1.82) is 0 Å². The van der Waals surface area contributed by atoms with Crippen LogP contribution in [0.25, 0.3) is 177 Å². The second-order valence-electron chi connectivity index (χ2n) is 29.7. The standard InChI is InChI=1S/3C25H23N2O.C24H21N2O/c1-14-6-8-18-12-20-19-9-7-15(2)23(22-11-16(3)17(4)13-27(22)5)24(19)28-25(20)26-21(18)10-14;1-14-9-10-19-20-12-18-8-6-7-15(2)23(18)26-25(20)28-24(19)22(14)21-11-16(3)17(4)13-27(21)5;1-14-9-10-19-24-21(12-18-8-6-7-15(2)23(18)26-24)28-25(19)22(14)20-11-16(3)17(4)13-27(20)5;1-14-9-10-18-23-21(12-17-7-5-6-8-19(17)25-23)27-24(18)22(14)20-11-15(2)16(3)13-26(20)4/h3*6-13H,1-5H3;5-13H,1-4H3/q4*+1/i2*4D3;2D3,4D3;3D3. The number of rotatable bonds is 4. The van der Waals surface area contributed by atoms with Gasteiger partial charge in [-0.2, -0.15) is 0 Å². The first-order valence-corrected chi connectivity index (χ1v) is 36.9. The second-order valence-corrected chi connectivity index (χ2v) is 29.7. The van der Waals surface area contributed by atoms with Crippen LogP contribution in [0.5, 0.6) is 0 Å². The molecule has 12 heteroatoms. The summed E-state index contributed by atoms with van der Waals surface area (Å²) >= 11 is 0. The van der Waals surface area contributed by atoms with E-state index in [4.69, 9.17) is 58.2 Å². The molecule has 0 aliphatic heterocycles. The summed E-state index contributed by atoms with van der Waals surface area (Å²) in [6, 6.07) is 57.6. The van der Waals surface area contributed by atoms with Crippen molar-refractivity contribution in [1.82, 2.24) is 19.9 Å². The molecule has 12 nitrogen and oxygen atoms in total. The van der Waals surface area contributed by atoms with Crippen molar-refractivity contribution in [3.8, 4) is 45.0 Å². The van der Waals surface area contributed by atoms with Crippen LogP contribution in [0.15, 0.2) is 218 Å². The van der Waals surface area contributed by atoms with Gasteiger partial charge in [-0.3, -0.25) is 0 Å². The molecule has 0 bridgehead atoms. The summed E-state index contributed by atoms with van der Waals surface area (Å²) in [5.41, 5.74) is 28.3. The number of hydrogen-bond acceptors (Lipinski definition) is 8. The quantitative estimate of drug-likeness (QED) is 0.160. The third-order valence-corrected chi connectivity index (χ3v) is 21.8. The molecule has 8 aromatic carbocycles. The predicted molar refractivity (Wildman–Crippen MR) is 454 cm³/mol. The molecule has 0 radical (unpaired) electrons. The largest absolute Gasteiger partial charge is 0.453 e. The van der Waals surface area contributed by atoms with Crippen molar-refractivity contribution < 1.29 is 56.5 Å². The number of fused-ring (bicyclic) bond motifs is 16. The first-order valence-electron chi connectivity index (χ1n) is 44.4. The fraction of sp³-hybridized carbons (Fsp3) is 0.192. The third-order valence-electron chi connectivity index (χ3n) is 21.8. The molecule has 0 spiro atoms. The molecule has 20 rings (SSSR count). The normalized spacial score (nSPS) is 14.3. The summed E-state index contributed by atoms with van der Waals surface area (Å²) in [5, 5.41) is 9.58. The molecular formula is C99H90N8O4+4. The first kappa shape index (κ1) is 55.6. The number of benzene rings is 8. The monoisotopic (exact) mass is 1470 g/mol. The average molecular weight is 1470 g/mol. The van der Waals surface area contributed by atoms with Gasteiger partial charge in [0.15, 0.2) is 58.3 Å². The van der Waals surface area contributed by atoms with Crippen LogP contribution < -0.4 is 18.3 Å². The van der Waals surface area contributed by atoms with E-state index in [1.807, 2.05) is 181 Å². The summed E-state index contributed by atoms with van der Waals surface area (Å²) in [6.07, 6.45) is 6.75. The van der Waals surface area contributed by atoms with E-state index in [2.05, 4.69) is 86.6 Å². The maximum atomic E-state index is 7.90. The molecule has 0 N–H and O–H groups in total. The van der Waals surface area contributed by atoms with Crippen LogP contribution in [0.2, 0.25) is 0 Å². The lowest BCUT2D eigenvalue weighted by Crippen LogP contribution is -2.31. The van der Waals surface area contributed by atoms with E-state index in [0.29, 0.717) is 66.8 Å². The van der Waals surface area contributed by atoms with Crippen LogP contribution in [-0.4, -0.2) is 19.9 Å². The van der Waals surface area contributed by atoms with Gasteiger partial charge in [0.05, 0.1) is 44.3 Å². The van der Waals surface area contributed by atoms with E-state index in [1.54, 1.807) is 48.4 Å². The van der Waals surface area contributed by atoms with E-state index in [9.17, 15) is 0 Å². The van der Waals surface area contributed by atoms with E-state index in [1.165, 1.54) is 0 Å². The van der Waals surface area contributed by atoms with Gasteiger partial charge in [0, 0.05) is 121 Å². The van der Waals surface area contributed by atoms with Gasteiger partial charge >= 0.3 is 0 Å². The molecule has 546 valence electrons. The number of pyridine rings is 8. The maximum Gasteiger partial charge on any atom is 0.227 e. The van der Waals surface area contributed by atoms with Crippen LogP contribution in [0, 0.1) is 103 Å². The van der Waals surface area contributed by atoms with Gasteiger partial charge in [-0.1, -0.05) is 103 Å². The number of nitrogens with zero attached hydrogens (tertiary/aromatic N) is 8. The highest BCUT2D eigenvalue weighted by Crippen LogP contribution is 2.43. The highest BCUT2D eigenvalue weighted by Gasteiger charge is 2.28. The zero-order valence-electron chi connectivity index (χ0n) is 79.3. The SMILES string of the molecule is [2H]C([2H])([2H])c1c[n+](C)c(-c2c(C)ccc3c2oc2cc4cccc(C([2H])([2H])[2H])c4nc23)cc1C.[2H]C([2H])([2H])c1c[n+](C)c(-c2c(C)ccc3c2oc2cc4ccccc4nc23)cc1C.[2H]C([2H])([2H])c1c[n+](C)c(-c2c(C)ccc3c2oc2nc4c(C)cccc4cc23)cc1C.[2H]C([2H])([2H])c1c[n+](C)c(-c2c(C)ccc3c2oc2nc4cc(C)ccc4cc23)cc1C. The average Bonchev–Trinajstić information content (AvgIpc) is 1.59. The van der Waals surface area contributed by atoms with Gasteiger partial charge in [0.1, 0.15) is 39.2 Å². The molecule has 0 aliphatic carbocycles. The Labute approximate surface area is 666 Å². The summed E-state index contributed by atoms with van der Waals surface area (Å²) < 4.78 is 150. The van der Waals surface area contributed by atoms with Crippen molar-refractivity contribution in [2.45, 2.75) is 103 Å².